The quantitative estimate of drug-likeness (QED) is 0.749. The molecule has 0 bridgehead atoms. The maximum absolute atomic E-state index is 5.40. The van der Waals surface area contributed by atoms with E-state index in [9.17, 15) is 0 Å². The SMILES string of the molecule is COc1cc2ncnc(C(C)Nc3ccccc3)c2cc1OC.Cl. The monoisotopic (exact) mass is 345 g/mol. The number of hydrogen-bond donors (Lipinski definition) is 1. The van der Waals surface area contributed by atoms with E-state index in [-0.39, 0.29) is 18.4 Å². The Labute approximate surface area is 147 Å². The normalized spacial score (nSPS) is 11.5. The Morgan fingerprint density at radius 1 is 0.958 bits per heavy atom. The van der Waals surface area contributed by atoms with E-state index in [0.717, 1.165) is 22.3 Å². The number of anilines is 1. The number of hydrogen-bond acceptors (Lipinski definition) is 5. The van der Waals surface area contributed by atoms with E-state index in [0.29, 0.717) is 11.5 Å². The molecule has 3 aromatic rings. The molecule has 126 valence electrons. The van der Waals surface area contributed by atoms with Crippen LogP contribution in [-0.2, 0) is 0 Å². The van der Waals surface area contributed by atoms with Gasteiger partial charge in [-0.3, -0.25) is 0 Å². The zero-order chi connectivity index (χ0) is 16.2. The molecule has 1 unspecified atom stereocenters. The largest absolute Gasteiger partial charge is 0.493 e. The minimum absolute atomic E-state index is 0. The van der Waals surface area contributed by atoms with Crippen molar-refractivity contribution in [1.82, 2.24) is 9.97 Å². The molecule has 1 aromatic heterocycles. The molecule has 6 heteroatoms. The van der Waals surface area contributed by atoms with Gasteiger partial charge in [0, 0.05) is 17.1 Å². The highest BCUT2D eigenvalue weighted by Crippen LogP contribution is 2.34. The van der Waals surface area contributed by atoms with E-state index in [4.69, 9.17) is 9.47 Å². The van der Waals surface area contributed by atoms with Crippen molar-refractivity contribution in [3.63, 3.8) is 0 Å². The first kappa shape index (κ1) is 17.8. The summed E-state index contributed by atoms with van der Waals surface area (Å²) in [5, 5.41) is 4.40. The number of nitrogens with zero attached hydrogens (tertiary/aromatic N) is 2. The van der Waals surface area contributed by atoms with Crippen LogP contribution in [0.15, 0.2) is 48.8 Å². The Morgan fingerprint density at radius 2 is 1.62 bits per heavy atom. The van der Waals surface area contributed by atoms with Gasteiger partial charge in [-0.1, -0.05) is 18.2 Å². The highest BCUT2D eigenvalue weighted by atomic mass is 35.5. The number of halogens is 1. The lowest BCUT2D eigenvalue weighted by atomic mass is 10.1. The van der Waals surface area contributed by atoms with Gasteiger partial charge in [0.1, 0.15) is 6.33 Å². The molecule has 1 heterocycles. The van der Waals surface area contributed by atoms with E-state index in [1.165, 1.54) is 0 Å². The number of rotatable bonds is 5. The highest BCUT2D eigenvalue weighted by molar-refractivity contribution is 5.85. The van der Waals surface area contributed by atoms with Crippen LogP contribution in [0.2, 0.25) is 0 Å². The molecule has 24 heavy (non-hydrogen) atoms. The van der Waals surface area contributed by atoms with Gasteiger partial charge in [0.15, 0.2) is 11.5 Å². The number of fused-ring (bicyclic) bond motifs is 1. The van der Waals surface area contributed by atoms with Gasteiger partial charge in [-0.2, -0.15) is 0 Å². The molecular weight excluding hydrogens is 326 g/mol. The molecule has 3 rings (SSSR count). The fraction of sp³-hybridized carbons (Fsp3) is 0.222. The first-order chi connectivity index (χ1) is 11.2. The second kappa shape index (κ2) is 7.84. The average molecular weight is 346 g/mol. The molecule has 0 aliphatic rings. The number of ether oxygens (including phenoxy) is 2. The summed E-state index contributed by atoms with van der Waals surface area (Å²) in [6.07, 6.45) is 1.58. The summed E-state index contributed by atoms with van der Waals surface area (Å²) < 4.78 is 10.7. The molecule has 0 radical (unpaired) electrons. The van der Waals surface area contributed by atoms with Crippen molar-refractivity contribution in [2.45, 2.75) is 13.0 Å². The van der Waals surface area contributed by atoms with Crippen molar-refractivity contribution in [2.75, 3.05) is 19.5 Å². The molecule has 0 fully saturated rings. The second-order valence-electron chi connectivity index (χ2n) is 5.22. The number of benzene rings is 2. The third-order valence-corrected chi connectivity index (χ3v) is 3.74. The lowest BCUT2D eigenvalue weighted by Crippen LogP contribution is -2.09. The number of para-hydroxylation sites is 1. The molecule has 0 amide bonds. The maximum atomic E-state index is 5.40. The van der Waals surface area contributed by atoms with Crippen LogP contribution < -0.4 is 14.8 Å². The Hall–Kier alpha value is -2.53. The van der Waals surface area contributed by atoms with E-state index in [2.05, 4.69) is 22.2 Å². The van der Waals surface area contributed by atoms with Crippen LogP contribution in [0.25, 0.3) is 10.9 Å². The third kappa shape index (κ3) is 3.51. The molecule has 0 spiro atoms. The fourth-order valence-corrected chi connectivity index (χ4v) is 2.60. The van der Waals surface area contributed by atoms with Crippen LogP contribution in [-0.4, -0.2) is 24.2 Å². The van der Waals surface area contributed by atoms with Gasteiger partial charge in [0.05, 0.1) is 31.5 Å². The van der Waals surface area contributed by atoms with Crippen LogP contribution in [0, 0.1) is 0 Å². The minimum atomic E-state index is 0. The predicted octanol–water partition coefficient (Wildman–Crippen LogP) is 4.24. The molecule has 0 saturated carbocycles. The second-order valence-corrected chi connectivity index (χ2v) is 5.22. The molecule has 0 aliphatic heterocycles. The summed E-state index contributed by atoms with van der Waals surface area (Å²) in [6, 6.07) is 13.9. The molecule has 5 nitrogen and oxygen atoms in total. The van der Waals surface area contributed by atoms with Gasteiger partial charge in [-0.25, -0.2) is 9.97 Å². The van der Waals surface area contributed by atoms with Crippen molar-refractivity contribution in [3.05, 3.63) is 54.5 Å². The van der Waals surface area contributed by atoms with Crippen LogP contribution in [0.1, 0.15) is 18.7 Å². The fourth-order valence-electron chi connectivity index (χ4n) is 2.60. The molecule has 1 atom stereocenters. The van der Waals surface area contributed by atoms with Crippen molar-refractivity contribution in [3.8, 4) is 11.5 Å². The molecule has 2 aromatic carbocycles. The third-order valence-electron chi connectivity index (χ3n) is 3.74. The minimum Gasteiger partial charge on any atom is -0.493 e. The van der Waals surface area contributed by atoms with Crippen molar-refractivity contribution < 1.29 is 9.47 Å². The zero-order valence-electron chi connectivity index (χ0n) is 13.8. The van der Waals surface area contributed by atoms with Crippen LogP contribution in [0.3, 0.4) is 0 Å². The molecule has 1 N–H and O–H groups in total. The summed E-state index contributed by atoms with van der Waals surface area (Å²) in [5.74, 6) is 1.33. The van der Waals surface area contributed by atoms with Gasteiger partial charge < -0.3 is 14.8 Å². The van der Waals surface area contributed by atoms with Crippen LogP contribution >= 0.6 is 12.4 Å². The molecule has 0 aliphatic carbocycles. The topological polar surface area (TPSA) is 56.3 Å². The summed E-state index contributed by atoms with van der Waals surface area (Å²) in [6.45, 7) is 2.07. The van der Waals surface area contributed by atoms with Crippen LogP contribution in [0.5, 0.6) is 11.5 Å². The summed E-state index contributed by atoms with van der Waals surface area (Å²) in [5.41, 5.74) is 2.79. The number of nitrogens with one attached hydrogen (secondary N) is 1. The van der Waals surface area contributed by atoms with Gasteiger partial charge in [0.25, 0.3) is 0 Å². The average Bonchev–Trinajstić information content (AvgIpc) is 2.60. The van der Waals surface area contributed by atoms with Gasteiger partial charge >= 0.3 is 0 Å². The number of methoxy groups -OCH3 is 2. The lowest BCUT2D eigenvalue weighted by Gasteiger charge is -2.17. The first-order valence-corrected chi connectivity index (χ1v) is 7.41. The zero-order valence-corrected chi connectivity index (χ0v) is 14.6. The van der Waals surface area contributed by atoms with Crippen LogP contribution in [0.4, 0.5) is 5.69 Å². The van der Waals surface area contributed by atoms with E-state index in [1.807, 2.05) is 42.5 Å². The van der Waals surface area contributed by atoms with Crippen molar-refractivity contribution in [2.24, 2.45) is 0 Å². The van der Waals surface area contributed by atoms with Crippen molar-refractivity contribution in [1.29, 1.82) is 0 Å². The predicted molar refractivity (Wildman–Crippen MR) is 98.4 cm³/mol. The highest BCUT2D eigenvalue weighted by Gasteiger charge is 2.15. The Balaban J connectivity index is 0.00000208. The van der Waals surface area contributed by atoms with E-state index < -0.39 is 0 Å². The van der Waals surface area contributed by atoms with Crippen molar-refractivity contribution >= 4 is 29.0 Å². The van der Waals surface area contributed by atoms with Gasteiger partial charge in [0.2, 0.25) is 0 Å². The summed E-state index contributed by atoms with van der Waals surface area (Å²) in [4.78, 5) is 8.80. The standard InChI is InChI=1S/C18H19N3O2.ClH/c1-12(21-13-7-5-4-6-8-13)18-14-9-16(22-2)17(23-3)10-15(14)19-11-20-18;/h4-12,21H,1-3H3;1H. The smallest absolute Gasteiger partial charge is 0.162 e. The lowest BCUT2D eigenvalue weighted by molar-refractivity contribution is 0.355. The molecule has 0 saturated heterocycles. The van der Waals surface area contributed by atoms with E-state index >= 15 is 0 Å². The Kier molecular flexibility index (Phi) is 5.82. The van der Waals surface area contributed by atoms with Gasteiger partial charge in [-0.15, -0.1) is 12.4 Å². The first-order valence-electron chi connectivity index (χ1n) is 7.41. The van der Waals surface area contributed by atoms with Gasteiger partial charge in [-0.05, 0) is 25.1 Å². The molecular formula is C18H20ClN3O2. The maximum Gasteiger partial charge on any atom is 0.162 e. The summed E-state index contributed by atoms with van der Waals surface area (Å²) >= 11 is 0. The Bertz CT molecular complexity index is 812. The Morgan fingerprint density at radius 3 is 2.29 bits per heavy atom. The summed E-state index contributed by atoms with van der Waals surface area (Å²) in [7, 11) is 3.24. The number of aromatic nitrogens is 2. The van der Waals surface area contributed by atoms with E-state index in [1.54, 1.807) is 20.5 Å².